The van der Waals surface area contributed by atoms with Crippen molar-refractivity contribution in [1.82, 2.24) is 9.97 Å². The number of benzene rings is 1. The average molecular weight is 260 g/mol. The molecule has 0 amide bonds. The Labute approximate surface area is 110 Å². The summed E-state index contributed by atoms with van der Waals surface area (Å²) in [5.41, 5.74) is 1.77. The summed E-state index contributed by atoms with van der Waals surface area (Å²) in [6.07, 6.45) is 1.65. The van der Waals surface area contributed by atoms with Crippen molar-refractivity contribution >= 4 is 16.8 Å². The van der Waals surface area contributed by atoms with Gasteiger partial charge in [-0.1, -0.05) is 6.92 Å². The van der Waals surface area contributed by atoms with Crippen LogP contribution >= 0.6 is 0 Å². The lowest BCUT2D eigenvalue weighted by molar-refractivity contribution is 0.0689. The molecule has 2 atom stereocenters. The Hall–Kier alpha value is -1.88. The van der Waals surface area contributed by atoms with Crippen molar-refractivity contribution in [3.63, 3.8) is 0 Å². The molecule has 2 N–H and O–H groups in total. The molecule has 2 unspecified atom stereocenters. The number of carbonyl (C=O) groups excluding carboxylic acids is 1. The Morgan fingerprint density at radius 1 is 1.37 bits per heavy atom. The molecule has 2 aromatic rings. The van der Waals surface area contributed by atoms with Crippen LogP contribution in [0.2, 0.25) is 0 Å². The number of rotatable bonds is 3. The van der Waals surface area contributed by atoms with Gasteiger partial charge in [0.05, 0.1) is 23.1 Å². The average Bonchev–Trinajstić information content (AvgIpc) is 3.01. The summed E-state index contributed by atoms with van der Waals surface area (Å²) >= 11 is 0. The van der Waals surface area contributed by atoms with Crippen LogP contribution in [0, 0.1) is 5.92 Å². The van der Waals surface area contributed by atoms with Gasteiger partial charge in [-0.2, -0.15) is 0 Å². The summed E-state index contributed by atoms with van der Waals surface area (Å²) in [7, 11) is 0. The fourth-order valence-corrected chi connectivity index (χ4v) is 2.75. The third-order valence-corrected chi connectivity index (χ3v) is 3.75. The quantitative estimate of drug-likeness (QED) is 0.827. The van der Waals surface area contributed by atoms with Crippen LogP contribution in [0.25, 0.3) is 11.0 Å². The van der Waals surface area contributed by atoms with Gasteiger partial charge in [-0.3, -0.25) is 4.79 Å². The van der Waals surface area contributed by atoms with E-state index in [2.05, 4.69) is 9.97 Å². The van der Waals surface area contributed by atoms with Crippen LogP contribution in [0.4, 0.5) is 0 Å². The van der Waals surface area contributed by atoms with Crippen LogP contribution in [0.5, 0.6) is 0 Å². The number of Topliss-reactive ketones (excluding diaryl/α,β-unsaturated/α-hetero) is 1. The van der Waals surface area contributed by atoms with Crippen molar-refractivity contribution in [2.24, 2.45) is 5.92 Å². The van der Waals surface area contributed by atoms with Crippen molar-refractivity contribution in [3.05, 3.63) is 34.2 Å². The molecule has 1 aromatic heterocycles. The third kappa shape index (κ3) is 2.10. The van der Waals surface area contributed by atoms with E-state index >= 15 is 0 Å². The highest BCUT2D eigenvalue weighted by atomic mass is 16.5. The molecule has 1 aliphatic heterocycles. The van der Waals surface area contributed by atoms with Gasteiger partial charge >= 0.3 is 5.69 Å². The van der Waals surface area contributed by atoms with Gasteiger partial charge < -0.3 is 14.7 Å². The van der Waals surface area contributed by atoms with Crippen molar-refractivity contribution in [2.75, 3.05) is 6.61 Å². The lowest BCUT2D eigenvalue weighted by Gasteiger charge is -2.15. The number of imidazole rings is 1. The number of fused-ring (bicyclic) bond motifs is 1. The fourth-order valence-electron chi connectivity index (χ4n) is 2.75. The van der Waals surface area contributed by atoms with E-state index in [9.17, 15) is 9.59 Å². The Kier molecular flexibility index (Phi) is 2.98. The Morgan fingerprint density at radius 2 is 2.16 bits per heavy atom. The number of hydrogen-bond donors (Lipinski definition) is 2. The first-order valence-corrected chi connectivity index (χ1v) is 6.57. The molecule has 1 aromatic carbocycles. The maximum absolute atomic E-state index is 12.5. The fraction of sp³-hybridized carbons (Fsp3) is 0.429. The van der Waals surface area contributed by atoms with Crippen LogP contribution in [0.15, 0.2) is 23.0 Å². The number of hydrogen-bond acceptors (Lipinski definition) is 3. The molecule has 1 aliphatic rings. The molecule has 5 nitrogen and oxygen atoms in total. The van der Waals surface area contributed by atoms with E-state index in [1.807, 2.05) is 6.92 Å². The summed E-state index contributed by atoms with van der Waals surface area (Å²) in [5, 5.41) is 0. The maximum Gasteiger partial charge on any atom is 0.323 e. The Morgan fingerprint density at radius 3 is 2.95 bits per heavy atom. The Balaban J connectivity index is 1.94. The minimum absolute atomic E-state index is 0.0217. The first kappa shape index (κ1) is 12.2. The van der Waals surface area contributed by atoms with E-state index in [4.69, 9.17) is 4.74 Å². The van der Waals surface area contributed by atoms with Crippen LogP contribution in [-0.2, 0) is 4.74 Å². The van der Waals surface area contributed by atoms with Crippen molar-refractivity contribution in [1.29, 1.82) is 0 Å². The minimum Gasteiger partial charge on any atom is -0.377 e. The topological polar surface area (TPSA) is 75.0 Å². The molecule has 2 heterocycles. The number of H-pyrrole nitrogens is 2. The van der Waals surface area contributed by atoms with E-state index in [1.54, 1.807) is 18.2 Å². The number of carbonyl (C=O) groups is 1. The molecular formula is C14H16N2O3. The van der Waals surface area contributed by atoms with Gasteiger partial charge in [-0.05, 0) is 31.0 Å². The van der Waals surface area contributed by atoms with E-state index in [-0.39, 0.29) is 23.5 Å². The van der Waals surface area contributed by atoms with Gasteiger partial charge in [-0.15, -0.1) is 0 Å². The molecule has 100 valence electrons. The number of aromatic nitrogens is 2. The van der Waals surface area contributed by atoms with Crippen molar-refractivity contribution in [3.8, 4) is 0 Å². The maximum atomic E-state index is 12.5. The second kappa shape index (κ2) is 4.66. The zero-order valence-electron chi connectivity index (χ0n) is 10.7. The van der Waals surface area contributed by atoms with E-state index in [0.717, 1.165) is 18.4 Å². The van der Waals surface area contributed by atoms with Gasteiger partial charge in [0.25, 0.3) is 0 Å². The largest absolute Gasteiger partial charge is 0.377 e. The summed E-state index contributed by atoms with van der Waals surface area (Å²) in [6, 6.07) is 5.26. The molecule has 0 aliphatic carbocycles. The number of aromatic amines is 2. The molecule has 0 saturated carbocycles. The SMILES string of the molecule is CCC1OCCC1C(=O)c1ccc2[nH]c(=O)[nH]c2c1. The second-order valence-electron chi connectivity index (χ2n) is 4.92. The summed E-state index contributed by atoms with van der Waals surface area (Å²) in [5.74, 6) is 0.0430. The number of ketones is 1. The van der Waals surface area contributed by atoms with Gasteiger partial charge in [0.1, 0.15) is 0 Å². The second-order valence-corrected chi connectivity index (χ2v) is 4.92. The number of nitrogens with one attached hydrogen (secondary N) is 2. The van der Waals surface area contributed by atoms with Gasteiger partial charge in [0.2, 0.25) is 0 Å². The zero-order chi connectivity index (χ0) is 13.4. The number of ether oxygens (including phenoxy) is 1. The molecule has 1 saturated heterocycles. The molecule has 5 heteroatoms. The summed E-state index contributed by atoms with van der Waals surface area (Å²) in [4.78, 5) is 29.0. The van der Waals surface area contributed by atoms with E-state index in [1.165, 1.54) is 0 Å². The molecule has 0 spiro atoms. The van der Waals surface area contributed by atoms with E-state index in [0.29, 0.717) is 17.7 Å². The summed E-state index contributed by atoms with van der Waals surface area (Å²) in [6.45, 7) is 2.68. The first-order chi connectivity index (χ1) is 9.19. The highest BCUT2D eigenvalue weighted by Crippen LogP contribution is 2.27. The molecule has 0 bridgehead atoms. The normalized spacial score (nSPS) is 23.0. The van der Waals surface area contributed by atoms with Crippen molar-refractivity contribution in [2.45, 2.75) is 25.9 Å². The predicted octanol–water partition coefficient (Wildman–Crippen LogP) is 1.85. The lowest BCUT2D eigenvalue weighted by Crippen LogP contribution is -2.23. The van der Waals surface area contributed by atoms with Crippen LogP contribution in [0.1, 0.15) is 30.1 Å². The Bertz CT molecular complexity index is 671. The molecule has 19 heavy (non-hydrogen) atoms. The van der Waals surface area contributed by atoms with E-state index < -0.39 is 0 Å². The third-order valence-electron chi connectivity index (χ3n) is 3.75. The highest BCUT2D eigenvalue weighted by molar-refractivity contribution is 6.00. The zero-order valence-corrected chi connectivity index (χ0v) is 10.7. The van der Waals surface area contributed by atoms with Gasteiger partial charge in [0, 0.05) is 12.2 Å². The smallest absolute Gasteiger partial charge is 0.323 e. The van der Waals surface area contributed by atoms with Gasteiger partial charge in [-0.25, -0.2) is 4.79 Å². The molecule has 3 rings (SSSR count). The van der Waals surface area contributed by atoms with Crippen molar-refractivity contribution < 1.29 is 9.53 Å². The molecule has 1 fully saturated rings. The first-order valence-electron chi connectivity index (χ1n) is 6.57. The van der Waals surface area contributed by atoms with Gasteiger partial charge in [0.15, 0.2) is 5.78 Å². The summed E-state index contributed by atoms with van der Waals surface area (Å²) < 4.78 is 5.56. The predicted molar refractivity (Wildman–Crippen MR) is 71.4 cm³/mol. The van der Waals surface area contributed by atoms with Crippen LogP contribution in [-0.4, -0.2) is 28.5 Å². The monoisotopic (exact) mass is 260 g/mol. The molecular weight excluding hydrogens is 244 g/mol. The molecule has 0 radical (unpaired) electrons. The van der Waals surface area contributed by atoms with Crippen LogP contribution < -0.4 is 5.69 Å². The van der Waals surface area contributed by atoms with Crippen LogP contribution in [0.3, 0.4) is 0 Å². The highest BCUT2D eigenvalue weighted by Gasteiger charge is 2.33. The lowest BCUT2D eigenvalue weighted by atomic mass is 9.90. The standard InChI is InChI=1S/C14H16N2O3/c1-2-12-9(5-6-19-12)13(17)8-3-4-10-11(7-8)16-14(18)15-10/h3-4,7,9,12H,2,5-6H2,1H3,(H2,15,16,18). The minimum atomic E-state index is -0.254.